The normalized spacial score (nSPS) is 10.8. The van der Waals surface area contributed by atoms with E-state index < -0.39 is 0 Å². The number of unbranched alkanes of at least 4 members (excludes halogenated alkanes) is 1. The number of carbonyl (C=O) groups excluding carboxylic acids is 1. The van der Waals surface area contributed by atoms with E-state index in [9.17, 15) is 4.79 Å². The summed E-state index contributed by atoms with van der Waals surface area (Å²) in [6.07, 6.45) is 3.23. The van der Waals surface area contributed by atoms with E-state index >= 15 is 0 Å². The number of halogens is 1. The van der Waals surface area contributed by atoms with E-state index in [1.54, 1.807) is 11.3 Å². The fraction of sp³-hybridized carbons (Fsp3) is 0.400. The predicted octanol–water partition coefficient (Wildman–Crippen LogP) is 4.94. The van der Waals surface area contributed by atoms with Crippen molar-refractivity contribution in [3.63, 3.8) is 0 Å². The zero-order chi connectivity index (χ0) is 13.7. The molecule has 0 saturated carbocycles. The van der Waals surface area contributed by atoms with Crippen LogP contribution in [-0.2, 0) is 16.0 Å². The number of hydrogen-bond acceptors (Lipinski definition) is 3. The van der Waals surface area contributed by atoms with Crippen molar-refractivity contribution in [1.29, 1.82) is 0 Å². The molecule has 0 aliphatic carbocycles. The molecule has 2 rings (SSSR count). The number of ether oxygens (including phenoxy) is 1. The van der Waals surface area contributed by atoms with Gasteiger partial charge in [-0.25, -0.2) is 0 Å². The van der Waals surface area contributed by atoms with E-state index in [4.69, 9.17) is 4.74 Å². The molecule has 0 radical (unpaired) electrons. The summed E-state index contributed by atoms with van der Waals surface area (Å²) in [5, 5.41) is 1.23. The minimum atomic E-state index is -0.0926. The van der Waals surface area contributed by atoms with Crippen molar-refractivity contribution in [2.75, 3.05) is 6.61 Å². The van der Waals surface area contributed by atoms with Crippen LogP contribution in [0.3, 0.4) is 0 Å². The van der Waals surface area contributed by atoms with Crippen molar-refractivity contribution in [3.8, 4) is 0 Å². The van der Waals surface area contributed by atoms with Crippen molar-refractivity contribution >= 4 is 43.3 Å². The van der Waals surface area contributed by atoms with Crippen LogP contribution in [0.1, 0.15) is 31.1 Å². The molecule has 0 amide bonds. The largest absolute Gasteiger partial charge is 0.466 e. The highest BCUT2D eigenvalue weighted by atomic mass is 79.9. The third-order valence-corrected chi connectivity index (χ3v) is 5.05. The molecule has 0 aliphatic heterocycles. The first-order chi connectivity index (χ1) is 9.20. The molecule has 4 heteroatoms. The molecule has 0 bridgehead atoms. The van der Waals surface area contributed by atoms with Gasteiger partial charge in [0.1, 0.15) is 0 Å². The average molecular weight is 341 g/mol. The fourth-order valence-electron chi connectivity index (χ4n) is 1.83. The molecule has 0 atom stereocenters. The molecule has 0 spiro atoms. The summed E-state index contributed by atoms with van der Waals surface area (Å²) in [4.78, 5) is 12.8. The maximum Gasteiger partial charge on any atom is 0.306 e. The Hall–Kier alpha value is -0.870. The zero-order valence-corrected chi connectivity index (χ0v) is 13.4. The van der Waals surface area contributed by atoms with Crippen LogP contribution >= 0.6 is 27.3 Å². The molecule has 19 heavy (non-hydrogen) atoms. The number of rotatable bonds is 6. The van der Waals surface area contributed by atoms with E-state index in [1.807, 2.05) is 12.1 Å². The van der Waals surface area contributed by atoms with E-state index in [0.717, 1.165) is 23.7 Å². The summed E-state index contributed by atoms with van der Waals surface area (Å²) < 4.78 is 7.52. The Kier molecular flexibility index (Phi) is 5.40. The molecule has 2 nitrogen and oxygen atoms in total. The van der Waals surface area contributed by atoms with Gasteiger partial charge in [-0.1, -0.05) is 25.5 Å². The molecular weight excluding hydrogens is 324 g/mol. The number of fused-ring (bicyclic) bond motifs is 1. The van der Waals surface area contributed by atoms with E-state index in [0.29, 0.717) is 13.0 Å². The Balaban J connectivity index is 1.91. The van der Waals surface area contributed by atoms with Crippen LogP contribution in [0.5, 0.6) is 0 Å². The number of aryl methyl sites for hydroxylation is 1. The monoisotopic (exact) mass is 340 g/mol. The van der Waals surface area contributed by atoms with Gasteiger partial charge in [-0.3, -0.25) is 4.79 Å². The molecule has 1 heterocycles. The maximum atomic E-state index is 11.5. The molecule has 0 fully saturated rings. The highest BCUT2D eigenvalue weighted by Crippen LogP contribution is 2.32. The van der Waals surface area contributed by atoms with Crippen LogP contribution in [0, 0.1) is 0 Å². The molecule has 2 aromatic rings. The lowest BCUT2D eigenvalue weighted by atomic mass is 10.2. The van der Waals surface area contributed by atoms with Crippen LogP contribution in [0.4, 0.5) is 0 Å². The second kappa shape index (κ2) is 7.06. The van der Waals surface area contributed by atoms with Crippen LogP contribution < -0.4 is 0 Å². The van der Waals surface area contributed by atoms with Gasteiger partial charge in [0, 0.05) is 14.0 Å². The lowest BCUT2D eigenvalue weighted by molar-refractivity contribution is -0.143. The number of benzene rings is 1. The van der Waals surface area contributed by atoms with Crippen LogP contribution in [0.15, 0.2) is 28.7 Å². The minimum Gasteiger partial charge on any atom is -0.466 e. The maximum absolute atomic E-state index is 11.5. The smallest absolute Gasteiger partial charge is 0.306 e. The number of carbonyl (C=O) groups is 1. The first-order valence-electron chi connectivity index (χ1n) is 6.53. The third kappa shape index (κ3) is 4.05. The summed E-state index contributed by atoms with van der Waals surface area (Å²) in [7, 11) is 0. The molecule has 102 valence electrons. The zero-order valence-electron chi connectivity index (χ0n) is 10.9. The van der Waals surface area contributed by atoms with Gasteiger partial charge in [0.15, 0.2) is 0 Å². The Morgan fingerprint density at radius 2 is 2.26 bits per heavy atom. The average Bonchev–Trinajstić information content (AvgIpc) is 2.81. The first kappa shape index (κ1) is 14.5. The summed E-state index contributed by atoms with van der Waals surface area (Å²) in [5.41, 5.74) is 0. The van der Waals surface area contributed by atoms with Crippen LogP contribution in [-0.4, -0.2) is 12.6 Å². The van der Waals surface area contributed by atoms with E-state index in [2.05, 4.69) is 35.0 Å². The third-order valence-electron chi connectivity index (χ3n) is 2.88. The summed E-state index contributed by atoms with van der Waals surface area (Å²) >= 11 is 5.29. The lowest BCUT2D eigenvalue weighted by Crippen LogP contribution is -2.06. The van der Waals surface area contributed by atoms with Gasteiger partial charge in [0.2, 0.25) is 0 Å². The van der Waals surface area contributed by atoms with Crippen molar-refractivity contribution < 1.29 is 9.53 Å². The van der Waals surface area contributed by atoms with Gasteiger partial charge in [-0.05, 0) is 46.3 Å². The summed E-state index contributed by atoms with van der Waals surface area (Å²) in [6.45, 7) is 2.64. The van der Waals surface area contributed by atoms with E-state index in [-0.39, 0.29) is 5.97 Å². The molecule has 1 aromatic heterocycles. The van der Waals surface area contributed by atoms with Gasteiger partial charge in [0.25, 0.3) is 0 Å². The standard InChI is InChI=1S/C15H17BrO2S/c1-2-3-9-18-14(17)8-7-12-10-11-5-4-6-13(16)15(11)19-12/h4-6,10H,2-3,7-9H2,1H3. The summed E-state index contributed by atoms with van der Waals surface area (Å²) in [6, 6.07) is 8.33. The van der Waals surface area contributed by atoms with Gasteiger partial charge < -0.3 is 4.74 Å². The molecule has 0 N–H and O–H groups in total. The Labute approximate surface area is 125 Å². The molecule has 0 saturated heterocycles. The number of esters is 1. The van der Waals surface area contributed by atoms with Gasteiger partial charge in [0.05, 0.1) is 13.0 Å². The molecule has 0 aliphatic rings. The quantitative estimate of drug-likeness (QED) is 0.549. The lowest BCUT2D eigenvalue weighted by Gasteiger charge is -2.02. The first-order valence-corrected chi connectivity index (χ1v) is 8.14. The topological polar surface area (TPSA) is 26.3 Å². The minimum absolute atomic E-state index is 0.0926. The van der Waals surface area contributed by atoms with Gasteiger partial charge in [-0.2, -0.15) is 0 Å². The SMILES string of the molecule is CCCCOC(=O)CCc1cc2cccc(Br)c2s1. The fourth-order valence-corrected chi connectivity index (χ4v) is 3.52. The van der Waals surface area contributed by atoms with Crippen molar-refractivity contribution in [1.82, 2.24) is 0 Å². The van der Waals surface area contributed by atoms with Gasteiger partial charge in [-0.15, -0.1) is 11.3 Å². The molecule has 1 aromatic carbocycles. The van der Waals surface area contributed by atoms with Crippen LogP contribution in [0.2, 0.25) is 0 Å². The Morgan fingerprint density at radius 1 is 1.42 bits per heavy atom. The number of thiophene rings is 1. The second-order valence-electron chi connectivity index (χ2n) is 4.44. The van der Waals surface area contributed by atoms with Gasteiger partial charge >= 0.3 is 5.97 Å². The molecular formula is C15H17BrO2S. The van der Waals surface area contributed by atoms with Crippen molar-refractivity contribution in [2.45, 2.75) is 32.6 Å². The molecule has 0 unspecified atom stereocenters. The second-order valence-corrected chi connectivity index (χ2v) is 6.44. The Bertz CT molecular complexity index is 562. The van der Waals surface area contributed by atoms with Crippen LogP contribution in [0.25, 0.3) is 10.1 Å². The van der Waals surface area contributed by atoms with E-state index in [1.165, 1.54) is 15.0 Å². The number of hydrogen-bond donors (Lipinski definition) is 0. The van der Waals surface area contributed by atoms with Crippen molar-refractivity contribution in [2.24, 2.45) is 0 Å². The highest BCUT2D eigenvalue weighted by Gasteiger charge is 2.08. The predicted molar refractivity (Wildman–Crippen MR) is 83.7 cm³/mol. The highest BCUT2D eigenvalue weighted by molar-refractivity contribution is 9.10. The Morgan fingerprint density at radius 3 is 3.00 bits per heavy atom. The summed E-state index contributed by atoms with van der Waals surface area (Å²) in [5.74, 6) is -0.0926. The van der Waals surface area contributed by atoms with Crippen molar-refractivity contribution in [3.05, 3.63) is 33.6 Å².